The standard InChI is InChI=1S/C23H26N4O5/c1-14(2)20(27-23(31)32-13-15-6-4-3-5-7-15)18(28)11-16-10-17-8-9-24-19(26-17)12-25-22(30)21(16)29/h3-9,14,16,20H,10-13H2,1-2H3,(H,25,30)(H,27,31). The van der Waals surface area contributed by atoms with Crippen LogP contribution in [0.4, 0.5) is 4.79 Å². The van der Waals surface area contributed by atoms with Crippen molar-refractivity contribution in [1.29, 1.82) is 0 Å². The number of nitrogens with zero attached hydrogens (tertiary/aromatic N) is 2. The largest absolute Gasteiger partial charge is 0.445 e. The molecular formula is C23H26N4O5. The van der Waals surface area contributed by atoms with Gasteiger partial charge in [-0.05, 0) is 17.5 Å². The molecule has 0 saturated carbocycles. The van der Waals surface area contributed by atoms with Crippen LogP contribution in [0.3, 0.4) is 0 Å². The van der Waals surface area contributed by atoms with Crippen molar-refractivity contribution in [2.45, 2.75) is 45.9 Å². The zero-order valence-electron chi connectivity index (χ0n) is 18.0. The van der Waals surface area contributed by atoms with E-state index in [0.717, 1.165) is 5.56 Å². The van der Waals surface area contributed by atoms with Crippen molar-refractivity contribution >= 4 is 23.6 Å². The molecule has 32 heavy (non-hydrogen) atoms. The van der Waals surface area contributed by atoms with Gasteiger partial charge in [0.15, 0.2) is 5.78 Å². The molecule has 1 aromatic carbocycles. The molecule has 1 aliphatic rings. The predicted octanol–water partition coefficient (Wildman–Crippen LogP) is 1.74. The Labute approximate surface area is 186 Å². The molecule has 2 aromatic rings. The molecule has 1 aliphatic heterocycles. The fourth-order valence-corrected chi connectivity index (χ4v) is 3.46. The van der Waals surface area contributed by atoms with Gasteiger partial charge in [-0.2, -0.15) is 0 Å². The number of aromatic nitrogens is 2. The maximum atomic E-state index is 13.0. The highest BCUT2D eigenvalue weighted by Crippen LogP contribution is 2.18. The van der Waals surface area contributed by atoms with E-state index in [9.17, 15) is 19.2 Å². The maximum absolute atomic E-state index is 13.0. The van der Waals surface area contributed by atoms with E-state index in [2.05, 4.69) is 20.6 Å². The highest BCUT2D eigenvalue weighted by molar-refractivity contribution is 6.37. The lowest BCUT2D eigenvalue weighted by Crippen LogP contribution is -2.46. The molecule has 2 amide bonds. The fraction of sp³-hybridized carbons (Fsp3) is 0.391. The normalized spacial score (nSPS) is 16.9. The van der Waals surface area contributed by atoms with Crippen molar-refractivity contribution in [2.24, 2.45) is 11.8 Å². The molecule has 9 heteroatoms. The lowest BCUT2D eigenvalue weighted by Gasteiger charge is -2.23. The van der Waals surface area contributed by atoms with Gasteiger partial charge >= 0.3 is 6.09 Å². The lowest BCUT2D eigenvalue weighted by atomic mass is 9.87. The van der Waals surface area contributed by atoms with Crippen molar-refractivity contribution in [2.75, 3.05) is 0 Å². The number of Topliss-reactive ketones (excluding diaryl/α,β-unsaturated/α-hetero) is 2. The summed E-state index contributed by atoms with van der Waals surface area (Å²) in [4.78, 5) is 58.6. The van der Waals surface area contributed by atoms with E-state index in [1.54, 1.807) is 26.1 Å². The Morgan fingerprint density at radius 2 is 1.94 bits per heavy atom. The number of nitrogens with one attached hydrogen (secondary N) is 2. The first kappa shape index (κ1) is 23.1. The number of ketones is 2. The predicted molar refractivity (Wildman–Crippen MR) is 114 cm³/mol. The first-order chi connectivity index (χ1) is 15.3. The van der Waals surface area contributed by atoms with E-state index in [1.165, 1.54) is 0 Å². The van der Waals surface area contributed by atoms with Crippen LogP contribution < -0.4 is 10.6 Å². The third-order valence-corrected chi connectivity index (χ3v) is 5.17. The van der Waals surface area contributed by atoms with Crippen molar-refractivity contribution in [3.8, 4) is 0 Å². The van der Waals surface area contributed by atoms with Gasteiger partial charge in [0.2, 0.25) is 5.78 Å². The Balaban J connectivity index is 1.66. The summed E-state index contributed by atoms with van der Waals surface area (Å²) in [6.07, 6.45) is 0.768. The van der Waals surface area contributed by atoms with Crippen LogP contribution in [-0.2, 0) is 38.7 Å². The Hall–Kier alpha value is -3.62. The number of carbonyl (C=O) groups is 4. The summed E-state index contributed by atoms with van der Waals surface area (Å²) in [7, 11) is 0. The smallest absolute Gasteiger partial charge is 0.408 e. The molecule has 2 N–H and O–H groups in total. The Morgan fingerprint density at radius 1 is 1.19 bits per heavy atom. The number of rotatable bonds is 7. The molecule has 0 saturated heterocycles. The number of hydrogen-bond acceptors (Lipinski definition) is 7. The molecule has 168 valence electrons. The minimum atomic E-state index is -0.883. The second-order valence-electron chi connectivity index (χ2n) is 8.01. The molecule has 0 fully saturated rings. The number of hydrogen-bond donors (Lipinski definition) is 2. The zero-order chi connectivity index (χ0) is 23.1. The molecule has 0 radical (unpaired) electrons. The molecule has 2 unspecified atom stereocenters. The Morgan fingerprint density at radius 3 is 2.66 bits per heavy atom. The SMILES string of the molecule is CC(C)C(NC(=O)OCc1ccccc1)C(=O)CC1Cc2ccnc(n2)CNC(=O)C1=O. The minimum Gasteiger partial charge on any atom is -0.445 e. The topological polar surface area (TPSA) is 127 Å². The van der Waals surface area contributed by atoms with E-state index in [-0.39, 0.29) is 37.7 Å². The highest BCUT2D eigenvalue weighted by atomic mass is 16.5. The zero-order valence-corrected chi connectivity index (χ0v) is 18.0. The van der Waals surface area contributed by atoms with Crippen molar-refractivity contribution < 1.29 is 23.9 Å². The number of alkyl carbamates (subject to hydrolysis) is 1. The fourth-order valence-electron chi connectivity index (χ4n) is 3.46. The first-order valence-electron chi connectivity index (χ1n) is 10.5. The van der Waals surface area contributed by atoms with Crippen LogP contribution in [0.5, 0.6) is 0 Å². The van der Waals surface area contributed by atoms with Crippen LogP contribution in [0.2, 0.25) is 0 Å². The summed E-state index contributed by atoms with van der Waals surface area (Å²) in [5.41, 5.74) is 1.40. The van der Waals surface area contributed by atoms with Crippen molar-refractivity contribution in [1.82, 2.24) is 20.6 Å². The molecule has 2 atom stereocenters. The molecule has 0 aliphatic carbocycles. The minimum absolute atomic E-state index is 0.0442. The summed E-state index contributed by atoms with van der Waals surface area (Å²) >= 11 is 0. The summed E-state index contributed by atoms with van der Waals surface area (Å²) < 4.78 is 5.22. The Bertz CT molecular complexity index is 993. The molecule has 2 heterocycles. The average Bonchev–Trinajstić information content (AvgIpc) is 2.82. The van der Waals surface area contributed by atoms with Gasteiger partial charge in [-0.25, -0.2) is 14.8 Å². The second-order valence-corrected chi connectivity index (χ2v) is 8.01. The van der Waals surface area contributed by atoms with Crippen molar-refractivity contribution in [3.63, 3.8) is 0 Å². The van der Waals surface area contributed by atoms with Gasteiger partial charge in [-0.3, -0.25) is 14.4 Å². The number of benzene rings is 1. The van der Waals surface area contributed by atoms with Crippen LogP contribution >= 0.6 is 0 Å². The third-order valence-electron chi connectivity index (χ3n) is 5.17. The van der Waals surface area contributed by atoms with Crippen LogP contribution in [-0.4, -0.2) is 39.6 Å². The molecule has 9 nitrogen and oxygen atoms in total. The maximum Gasteiger partial charge on any atom is 0.408 e. The molecule has 1 aromatic heterocycles. The van der Waals surface area contributed by atoms with Crippen LogP contribution in [0, 0.1) is 11.8 Å². The van der Waals surface area contributed by atoms with Gasteiger partial charge in [-0.15, -0.1) is 0 Å². The number of ether oxygens (including phenoxy) is 1. The quantitative estimate of drug-likeness (QED) is 0.630. The Kier molecular flexibility index (Phi) is 7.64. The van der Waals surface area contributed by atoms with Gasteiger partial charge in [0, 0.05) is 30.7 Å². The van der Waals surface area contributed by atoms with Gasteiger partial charge in [0.1, 0.15) is 12.4 Å². The monoisotopic (exact) mass is 438 g/mol. The van der Waals surface area contributed by atoms with Crippen molar-refractivity contribution in [3.05, 3.63) is 59.7 Å². The van der Waals surface area contributed by atoms with Crippen LogP contribution in [0.15, 0.2) is 42.6 Å². The number of fused-ring (bicyclic) bond motifs is 2. The van der Waals surface area contributed by atoms with E-state index in [1.807, 2.05) is 30.3 Å². The second kappa shape index (κ2) is 10.6. The van der Waals surface area contributed by atoms with Gasteiger partial charge in [0.05, 0.1) is 12.6 Å². The summed E-state index contributed by atoms with van der Waals surface area (Å²) in [6.45, 7) is 3.69. The molecule has 3 rings (SSSR count). The lowest BCUT2D eigenvalue weighted by molar-refractivity contribution is -0.141. The highest BCUT2D eigenvalue weighted by Gasteiger charge is 2.33. The third kappa shape index (κ3) is 6.19. The molecule has 2 bridgehead atoms. The summed E-state index contributed by atoms with van der Waals surface area (Å²) in [5.74, 6) is -2.53. The summed E-state index contributed by atoms with van der Waals surface area (Å²) in [6, 6.07) is 9.98. The van der Waals surface area contributed by atoms with Gasteiger partial charge in [-0.1, -0.05) is 44.2 Å². The summed E-state index contributed by atoms with van der Waals surface area (Å²) in [5, 5.41) is 5.09. The molecular weight excluding hydrogens is 412 g/mol. The van der Waals surface area contributed by atoms with E-state index >= 15 is 0 Å². The van der Waals surface area contributed by atoms with Gasteiger partial charge in [0.25, 0.3) is 5.91 Å². The van der Waals surface area contributed by atoms with Gasteiger partial charge < -0.3 is 15.4 Å². The molecule has 0 spiro atoms. The van der Waals surface area contributed by atoms with E-state index < -0.39 is 29.7 Å². The van der Waals surface area contributed by atoms with Crippen LogP contribution in [0.1, 0.15) is 37.4 Å². The van der Waals surface area contributed by atoms with E-state index in [4.69, 9.17) is 4.74 Å². The number of amides is 2. The first-order valence-corrected chi connectivity index (χ1v) is 10.5. The van der Waals surface area contributed by atoms with E-state index in [0.29, 0.717) is 11.5 Å². The average molecular weight is 438 g/mol. The van der Waals surface area contributed by atoms with Crippen LogP contribution in [0.25, 0.3) is 0 Å². The number of carbonyl (C=O) groups excluding carboxylic acids is 4.